The van der Waals surface area contributed by atoms with Crippen LogP contribution >= 0.6 is 11.6 Å². The summed E-state index contributed by atoms with van der Waals surface area (Å²) >= 11 is 6.01. The molecule has 1 aromatic heterocycles. The number of nitrogens with one attached hydrogen (secondary N) is 1. The molecule has 3 aromatic carbocycles. The van der Waals surface area contributed by atoms with Crippen molar-refractivity contribution in [3.8, 4) is 11.5 Å². The molecule has 5 rings (SSSR count). The number of aliphatic hydroxyl groups is 1. The van der Waals surface area contributed by atoms with Gasteiger partial charge in [-0.1, -0.05) is 23.7 Å². The van der Waals surface area contributed by atoms with Crippen LogP contribution in [0.15, 0.2) is 78.5 Å². The number of carbonyl (C=O) groups is 2. The predicted molar refractivity (Wildman–Crippen MR) is 142 cm³/mol. The number of rotatable bonds is 7. The van der Waals surface area contributed by atoms with E-state index < -0.39 is 17.7 Å². The zero-order valence-corrected chi connectivity index (χ0v) is 21.1. The maximum absolute atomic E-state index is 13.3. The van der Waals surface area contributed by atoms with Gasteiger partial charge in [0.15, 0.2) is 0 Å². The molecule has 7 nitrogen and oxygen atoms in total. The van der Waals surface area contributed by atoms with E-state index in [9.17, 15) is 14.7 Å². The monoisotopic (exact) mass is 516 g/mol. The van der Waals surface area contributed by atoms with Gasteiger partial charge in [0.2, 0.25) is 0 Å². The molecule has 0 radical (unpaired) electrons. The number of nitrogens with zero attached hydrogens (tertiary/aromatic N) is 1. The summed E-state index contributed by atoms with van der Waals surface area (Å²) in [5.41, 5.74) is 3.03. The summed E-state index contributed by atoms with van der Waals surface area (Å²) in [4.78, 5) is 31.4. The second-order valence-electron chi connectivity index (χ2n) is 8.75. The fraction of sp³-hybridized carbons (Fsp3) is 0.172. The van der Waals surface area contributed by atoms with E-state index in [2.05, 4.69) is 4.98 Å². The molecule has 4 aromatic rings. The normalized spacial score (nSPS) is 16.9. The number of hydrogen-bond donors (Lipinski definition) is 2. The number of amides is 1. The molecule has 0 spiro atoms. The van der Waals surface area contributed by atoms with Crippen LogP contribution < -0.4 is 9.47 Å². The smallest absolute Gasteiger partial charge is 0.295 e. The summed E-state index contributed by atoms with van der Waals surface area (Å²) < 4.78 is 10.8. The number of likely N-dealkylation sites (tertiary alicyclic amines) is 1. The van der Waals surface area contributed by atoms with Gasteiger partial charge in [-0.25, -0.2) is 0 Å². The minimum Gasteiger partial charge on any atom is -0.507 e. The van der Waals surface area contributed by atoms with E-state index in [1.165, 1.54) is 4.90 Å². The molecule has 2 N–H and O–H groups in total. The number of hydrogen-bond acceptors (Lipinski definition) is 5. The third-order valence-electron chi connectivity index (χ3n) is 6.66. The zero-order chi connectivity index (χ0) is 26.1. The molecular weight excluding hydrogens is 492 g/mol. The number of aliphatic hydroxyl groups excluding tert-OH is 1. The quantitative estimate of drug-likeness (QED) is 0.192. The highest BCUT2D eigenvalue weighted by Crippen LogP contribution is 2.40. The third kappa shape index (κ3) is 4.54. The minimum atomic E-state index is -0.787. The average Bonchev–Trinajstić information content (AvgIpc) is 3.44. The Labute approximate surface area is 218 Å². The Morgan fingerprint density at radius 2 is 1.73 bits per heavy atom. The van der Waals surface area contributed by atoms with Crippen LogP contribution in [0.3, 0.4) is 0 Å². The van der Waals surface area contributed by atoms with Crippen molar-refractivity contribution in [2.45, 2.75) is 12.5 Å². The molecule has 8 heteroatoms. The van der Waals surface area contributed by atoms with Crippen molar-refractivity contribution in [2.75, 3.05) is 20.8 Å². The van der Waals surface area contributed by atoms with Gasteiger partial charge < -0.3 is 24.5 Å². The van der Waals surface area contributed by atoms with Crippen LogP contribution in [0.4, 0.5) is 0 Å². The molecule has 1 unspecified atom stereocenters. The number of aromatic nitrogens is 1. The number of H-pyrrole nitrogens is 1. The van der Waals surface area contributed by atoms with Crippen LogP contribution in [0.1, 0.15) is 22.7 Å². The fourth-order valence-corrected chi connectivity index (χ4v) is 4.89. The molecule has 1 aliphatic rings. The van der Waals surface area contributed by atoms with Gasteiger partial charge in [0.25, 0.3) is 11.7 Å². The SMILES string of the molecule is COc1cccc(C2/C(=C(/O)c3ccc(Cl)cc3)C(=O)C(=O)N2CCc2c[nH]c3ccc(OC)cc23)c1. The van der Waals surface area contributed by atoms with Gasteiger partial charge in [-0.2, -0.15) is 0 Å². The standard InChI is InChI=1S/C29H25ClN2O5/c1-36-21-5-3-4-18(14-21)26-25(27(33)17-6-8-20(30)9-7-17)28(34)29(35)32(26)13-12-19-16-31-24-11-10-22(37-2)15-23(19)24/h3-11,14-16,26,31,33H,12-13H2,1-2H3/b27-25-. The Hall–Kier alpha value is -4.23. The van der Waals surface area contributed by atoms with E-state index in [0.717, 1.165) is 22.2 Å². The van der Waals surface area contributed by atoms with Crippen molar-refractivity contribution in [1.29, 1.82) is 0 Å². The molecule has 1 amide bonds. The molecule has 0 bridgehead atoms. The van der Waals surface area contributed by atoms with Crippen LogP contribution in [0, 0.1) is 0 Å². The fourth-order valence-electron chi connectivity index (χ4n) is 4.76. The molecule has 37 heavy (non-hydrogen) atoms. The van der Waals surface area contributed by atoms with E-state index in [4.69, 9.17) is 21.1 Å². The molecule has 188 valence electrons. The Balaban J connectivity index is 1.56. The van der Waals surface area contributed by atoms with Gasteiger partial charge in [0, 0.05) is 34.2 Å². The lowest BCUT2D eigenvalue weighted by Crippen LogP contribution is -2.31. The van der Waals surface area contributed by atoms with E-state index in [-0.39, 0.29) is 17.9 Å². The van der Waals surface area contributed by atoms with Crippen molar-refractivity contribution in [3.05, 3.63) is 100 Å². The van der Waals surface area contributed by atoms with Crippen molar-refractivity contribution in [2.24, 2.45) is 0 Å². The van der Waals surface area contributed by atoms with Gasteiger partial charge in [0.05, 0.1) is 25.8 Å². The summed E-state index contributed by atoms with van der Waals surface area (Å²) in [6.07, 6.45) is 2.39. The first-order chi connectivity index (χ1) is 17.9. The molecule has 1 fully saturated rings. The molecular formula is C29H25ClN2O5. The molecule has 0 saturated carbocycles. The van der Waals surface area contributed by atoms with Crippen LogP contribution in [-0.2, 0) is 16.0 Å². The van der Waals surface area contributed by atoms with Crippen LogP contribution in [0.2, 0.25) is 5.02 Å². The first kappa shape index (κ1) is 24.5. The van der Waals surface area contributed by atoms with Crippen LogP contribution in [0.25, 0.3) is 16.7 Å². The Bertz CT molecular complexity index is 1520. The number of ketones is 1. The largest absolute Gasteiger partial charge is 0.507 e. The number of methoxy groups -OCH3 is 2. The summed E-state index contributed by atoms with van der Waals surface area (Å²) in [5.74, 6) is -0.338. The first-order valence-corrected chi connectivity index (χ1v) is 12.1. The summed E-state index contributed by atoms with van der Waals surface area (Å²) in [7, 11) is 3.16. The lowest BCUT2D eigenvalue weighted by atomic mass is 9.95. The molecule has 1 atom stereocenters. The van der Waals surface area contributed by atoms with Crippen molar-refractivity contribution in [1.82, 2.24) is 9.88 Å². The molecule has 1 aliphatic heterocycles. The van der Waals surface area contributed by atoms with Crippen LogP contribution in [-0.4, -0.2) is 47.4 Å². The topological polar surface area (TPSA) is 91.9 Å². The van der Waals surface area contributed by atoms with Gasteiger partial charge in [0.1, 0.15) is 17.3 Å². The van der Waals surface area contributed by atoms with Crippen molar-refractivity contribution >= 4 is 40.0 Å². The predicted octanol–water partition coefficient (Wildman–Crippen LogP) is 5.50. The summed E-state index contributed by atoms with van der Waals surface area (Å²) in [6, 6.07) is 18.6. The summed E-state index contributed by atoms with van der Waals surface area (Å²) in [5, 5.41) is 12.7. The minimum absolute atomic E-state index is 0.0289. The highest BCUT2D eigenvalue weighted by Gasteiger charge is 2.46. The molecule has 0 aliphatic carbocycles. The Morgan fingerprint density at radius 1 is 1.00 bits per heavy atom. The van der Waals surface area contributed by atoms with Gasteiger partial charge in [-0.05, 0) is 72.1 Å². The number of halogens is 1. The number of Topliss-reactive ketones (excluding diaryl/α,β-unsaturated/α-hetero) is 1. The highest BCUT2D eigenvalue weighted by molar-refractivity contribution is 6.46. The zero-order valence-electron chi connectivity index (χ0n) is 20.3. The first-order valence-electron chi connectivity index (χ1n) is 11.7. The second kappa shape index (κ2) is 10.0. The number of benzene rings is 3. The second-order valence-corrected chi connectivity index (χ2v) is 9.19. The van der Waals surface area contributed by atoms with E-state index in [1.54, 1.807) is 56.7 Å². The van der Waals surface area contributed by atoms with E-state index in [0.29, 0.717) is 28.3 Å². The van der Waals surface area contributed by atoms with Gasteiger partial charge in [-0.3, -0.25) is 9.59 Å². The number of carbonyl (C=O) groups excluding carboxylic acids is 2. The molecule has 2 heterocycles. The summed E-state index contributed by atoms with van der Waals surface area (Å²) in [6.45, 7) is 0.258. The van der Waals surface area contributed by atoms with E-state index >= 15 is 0 Å². The Kier molecular flexibility index (Phi) is 6.63. The third-order valence-corrected chi connectivity index (χ3v) is 6.92. The highest BCUT2D eigenvalue weighted by atomic mass is 35.5. The van der Waals surface area contributed by atoms with E-state index in [1.807, 2.05) is 30.5 Å². The lowest BCUT2D eigenvalue weighted by molar-refractivity contribution is -0.139. The lowest BCUT2D eigenvalue weighted by Gasteiger charge is -2.25. The number of ether oxygens (including phenoxy) is 2. The molecule has 1 saturated heterocycles. The number of aromatic amines is 1. The van der Waals surface area contributed by atoms with Crippen LogP contribution in [0.5, 0.6) is 11.5 Å². The van der Waals surface area contributed by atoms with Gasteiger partial charge >= 0.3 is 0 Å². The number of fused-ring (bicyclic) bond motifs is 1. The maximum Gasteiger partial charge on any atom is 0.295 e. The average molecular weight is 517 g/mol. The van der Waals surface area contributed by atoms with Gasteiger partial charge in [-0.15, -0.1) is 0 Å². The Morgan fingerprint density at radius 3 is 2.46 bits per heavy atom. The van der Waals surface area contributed by atoms with Crippen molar-refractivity contribution in [3.63, 3.8) is 0 Å². The maximum atomic E-state index is 13.3. The van der Waals surface area contributed by atoms with Crippen molar-refractivity contribution < 1.29 is 24.2 Å².